The van der Waals surface area contributed by atoms with Gasteiger partial charge in [0.2, 0.25) is 0 Å². The third-order valence-electron chi connectivity index (χ3n) is 3.57. The molecule has 1 aliphatic rings. The van der Waals surface area contributed by atoms with Gasteiger partial charge in [0, 0.05) is 25.3 Å². The maximum Gasteiger partial charge on any atom is 0.322 e. The van der Waals surface area contributed by atoms with E-state index >= 15 is 0 Å². The monoisotopic (exact) mass is 262 g/mol. The van der Waals surface area contributed by atoms with Crippen LogP contribution in [0, 0.1) is 0 Å². The zero-order chi connectivity index (χ0) is 14.0. The minimum atomic E-state index is -0.781. The Morgan fingerprint density at radius 2 is 1.95 bits per heavy atom. The maximum absolute atomic E-state index is 11.0. The molecule has 4 nitrogen and oxygen atoms in total. The highest BCUT2D eigenvalue weighted by Crippen LogP contribution is 2.25. The van der Waals surface area contributed by atoms with Crippen LogP contribution in [-0.2, 0) is 10.2 Å². The molecule has 1 aromatic carbocycles. The summed E-state index contributed by atoms with van der Waals surface area (Å²) in [4.78, 5) is 13.2. The smallest absolute Gasteiger partial charge is 0.322 e. The van der Waals surface area contributed by atoms with Crippen LogP contribution < -0.4 is 10.2 Å². The van der Waals surface area contributed by atoms with E-state index in [9.17, 15) is 4.79 Å². The highest BCUT2D eigenvalue weighted by molar-refractivity contribution is 5.75. The number of aliphatic carboxylic acids is 1. The molecule has 1 saturated heterocycles. The quantitative estimate of drug-likeness (QED) is 0.854. The second kappa shape index (κ2) is 5.21. The van der Waals surface area contributed by atoms with Gasteiger partial charge in [-0.3, -0.25) is 4.79 Å². The molecule has 2 N–H and O–H groups in total. The van der Waals surface area contributed by atoms with E-state index in [1.165, 1.54) is 5.56 Å². The van der Waals surface area contributed by atoms with E-state index in [-0.39, 0.29) is 5.41 Å². The van der Waals surface area contributed by atoms with Gasteiger partial charge in [-0.2, -0.15) is 0 Å². The summed E-state index contributed by atoms with van der Waals surface area (Å²) in [6.45, 7) is 8.63. The average Bonchev–Trinajstić information content (AvgIpc) is 2.38. The molecule has 0 bridgehead atoms. The number of carboxylic acids is 1. The van der Waals surface area contributed by atoms with Gasteiger partial charge in [0.15, 0.2) is 0 Å². The highest BCUT2D eigenvalue weighted by atomic mass is 16.4. The summed E-state index contributed by atoms with van der Waals surface area (Å²) in [5.74, 6) is -0.781. The zero-order valence-electron chi connectivity index (χ0n) is 11.8. The van der Waals surface area contributed by atoms with E-state index in [0.717, 1.165) is 12.2 Å². The Bertz CT molecular complexity index is 448. The predicted octanol–water partition coefficient (Wildman–Crippen LogP) is 1.85. The van der Waals surface area contributed by atoms with Gasteiger partial charge in [-0.25, -0.2) is 0 Å². The fraction of sp³-hybridized carbons (Fsp3) is 0.533. The molecule has 4 heteroatoms. The molecule has 0 saturated carbocycles. The Labute approximate surface area is 114 Å². The first-order valence-corrected chi connectivity index (χ1v) is 6.69. The van der Waals surface area contributed by atoms with E-state index in [1.54, 1.807) is 0 Å². The van der Waals surface area contributed by atoms with E-state index in [4.69, 9.17) is 5.11 Å². The number of nitrogens with zero attached hydrogens (tertiary/aromatic N) is 1. The molecule has 1 fully saturated rings. The summed E-state index contributed by atoms with van der Waals surface area (Å²) in [6, 6.07) is 7.96. The first-order chi connectivity index (χ1) is 8.88. The second-order valence-electron chi connectivity index (χ2n) is 6.09. The van der Waals surface area contributed by atoms with Crippen molar-refractivity contribution in [2.24, 2.45) is 0 Å². The number of carboxylic acid groups (broad SMARTS) is 1. The van der Waals surface area contributed by atoms with Gasteiger partial charge in [0.05, 0.1) is 0 Å². The van der Waals surface area contributed by atoms with Crippen molar-refractivity contribution >= 4 is 11.7 Å². The van der Waals surface area contributed by atoms with Crippen LogP contribution in [0.2, 0.25) is 0 Å². The molecule has 1 unspecified atom stereocenters. The zero-order valence-corrected chi connectivity index (χ0v) is 11.8. The number of nitrogens with one attached hydrogen (secondary N) is 1. The van der Waals surface area contributed by atoms with Crippen molar-refractivity contribution in [2.45, 2.75) is 32.2 Å². The molecule has 1 heterocycles. The Kier molecular flexibility index (Phi) is 3.80. The average molecular weight is 262 g/mol. The molecule has 1 aliphatic heterocycles. The topological polar surface area (TPSA) is 52.6 Å². The lowest BCUT2D eigenvalue weighted by Crippen LogP contribution is -2.54. The van der Waals surface area contributed by atoms with Crippen molar-refractivity contribution in [3.8, 4) is 0 Å². The molecule has 0 amide bonds. The van der Waals surface area contributed by atoms with E-state index < -0.39 is 12.0 Å². The Hall–Kier alpha value is -1.55. The molecule has 0 aromatic heterocycles. The summed E-state index contributed by atoms with van der Waals surface area (Å²) in [6.07, 6.45) is 0. The largest absolute Gasteiger partial charge is 0.480 e. The first-order valence-electron chi connectivity index (χ1n) is 6.69. The Balaban J connectivity index is 2.12. The predicted molar refractivity (Wildman–Crippen MR) is 76.8 cm³/mol. The number of anilines is 1. The minimum absolute atomic E-state index is 0.144. The molecule has 0 spiro atoms. The molecular formula is C15H22N2O2. The lowest BCUT2D eigenvalue weighted by molar-refractivity contribution is -0.139. The summed E-state index contributed by atoms with van der Waals surface area (Å²) in [5.41, 5.74) is 2.54. The number of rotatable bonds is 2. The van der Waals surface area contributed by atoms with Crippen LogP contribution in [-0.4, -0.2) is 36.8 Å². The second-order valence-corrected chi connectivity index (χ2v) is 6.09. The molecule has 104 valence electrons. The van der Waals surface area contributed by atoms with Gasteiger partial charge in [0.1, 0.15) is 6.04 Å². The van der Waals surface area contributed by atoms with Crippen molar-refractivity contribution in [1.82, 2.24) is 5.32 Å². The van der Waals surface area contributed by atoms with E-state index in [0.29, 0.717) is 13.1 Å². The highest BCUT2D eigenvalue weighted by Gasteiger charge is 2.25. The Morgan fingerprint density at radius 1 is 1.32 bits per heavy atom. The third-order valence-corrected chi connectivity index (χ3v) is 3.57. The van der Waals surface area contributed by atoms with Gasteiger partial charge in [-0.05, 0) is 23.1 Å². The molecule has 1 aromatic rings. The number of piperazine rings is 1. The first kappa shape index (κ1) is 13.9. The summed E-state index contributed by atoms with van der Waals surface area (Å²) in [7, 11) is 0. The molecule has 2 rings (SSSR count). The van der Waals surface area contributed by atoms with Crippen LogP contribution >= 0.6 is 0 Å². The molecule has 0 radical (unpaired) electrons. The van der Waals surface area contributed by atoms with Crippen LogP contribution in [0.3, 0.4) is 0 Å². The summed E-state index contributed by atoms with van der Waals surface area (Å²) in [5, 5.41) is 12.1. The number of hydrogen-bond acceptors (Lipinski definition) is 3. The van der Waals surface area contributed by atoms with Gasteiger partial charge in [0.25, 0.3) is 0 Å². The SMILES string of the molecule is CC(C)(C)c1ccc(N2CCNC(C(=O)O)C2)cc1. The normalized spacial score (nSPS) is 20.4. The van der Waals surface area contributed by atoms with Gasteiger partial charge in [-0.1, -0.05) is 32.9 Å². The minimum Gasteiger partial charge on any atom is -0.480 e. The maximum atomic E-state index is 11.0. The summed E-state index contributed by atoms with van der Waals surface area (Å²) < 4.78 is 0. The van der Waals surface area contributed by atoms with Crippen LogP contribution in [0.25, 0.3) is 0 Å². The summed E-state index contributed by atoms with van der Waals surface area (Å²) >= 11 is 0. The number of carbonyl (C=O) groups is 1. The standard InChI is InChI=1S/C15H22N2O2/c1-15(2,3)11-4-6-12(7-5-11)17-9-8-16-13(10-17)14(18)19/h4-7,13,16H,8-10H2,1-3H3,(H,18,19). The van der Waals surface area contributed by atoms with E-state index in [1.807, 2.05) is 0 Å². The van der Waals surface area contributed by atoms with Crippen LogP contribution in [0.4, 0.5) is 5.69 Å². The van der Waals surface area contributed by atoms with E-state index in [2.05, 4.69) is 55.3 Å². The van der Waals surface area contributed by atoms with Crippen molar-refractivity contribution in [2.75, 3.05) is 24.5 Å². The third kappa shape index (κ3) is 3.26. The number of hydrogen-bond donors (Lipinski definition) is 2. The van der Waals surface area contributed by atoms with Crippen LogP contribution in [0.1, 0.15) is 26.3 Å². The van der Waals surface area contributed by atoms with Crippen molar-refractivity contribution in [1.29, 1.82) is 0 Å². The van der Waals surface area contributed by atoms with Crippen LogP contribution in [0.15, 0.2) is 24.3 Å². The molecule has 0 aliphatic carbocycles. The lowest BCUT2D eigenvalue weighted by atomic mass is 9.87. The van der Waals surface area contributed by atoms with Crippen molar-refractivity contribution in [3.05, 3.63) is 29.8 Å². The Morgan fingerprint density at radius 3 is 2.47 bits per heavy atom. The molecule has 1 atom stereocenters. The van der Waals surface area contributed by atoms with Crippen molar-refractivity contribution in [3.63, 3.8) is 0 Å². The number of benzene rings is 1. The fourth-order valence-electron chi connectivity index (χ4n) is 2.32. The fourth-order valence-corrected chi connectivity index (χ4v) is 2.32. The van der Waals surface area contributed by atoms with Gasteiger partial charge >= 0.3 is 5.97 Å². The lowest BCUT2D eigenvalue weighted by Gasteiger charge is -2.33. The van der Waals surface area contributed by atoms with Crippen LogP contribution in [0.5, 0.6) is 0 Å². The molecule has 19 heavy (non-hydrogen) atoms. The van der Waals surface area contributed by atoms with Gasteiger partial charge in [-0.15, -0.1) is 0 Å². The van der Waals surface area contributed by atoms with Gasteiger partial charge < -0.3 is 15.3 Å². The molecular weight excluding hydrogens is 240 g/mol. The van der Waals surface area contributed by atoms with Crippen molar-refractivity contribution < 1.29 is 9.90 Å².